The van der Waals surface area contributed by atoms with E-state index in [0.29, 0.717) is 6.61 Å². The fraction of sp³-hybridized carbons (Fsp3) is 0.200. The Balaban J connectivity index is 3.13. The molecule has 1 aromatic carbocycles. The van der Waals surface area contributed by atoms with Crippen LogP contribution in [0.4, 0.5) is 0 Å². The van der Waals surface area contributed by atoms with Crippen molar-refractivity contribution in [3.05, 3.63) is 30.0 Å². The van der Waals surface area contributed by atoms with Crippen LogP contribution in [0.15, 0.2) is 24.5 Å². The minimum Gasteiger partial charge on any atom is -0.492 e. The molecule has 5 heteroatoms. The van der Waals surface area contributed by atoms with Crippen molar-refractivity contribution < 1.29 is 4.74 Å². The van der Waals surface area contributed by atoms with E-state index in [1.807, 2.05) is 25.1 Å². The second kappa shape index (κ2) is 6.42. The first kappa shape index (κ1) is 13.7. The van der Waals surface area contributed by atoms with Gasteiger partial charge < -0.3 is 4.74 Å². The molecule has 15 heavy (non-hydrogen) atoms. The molecule has 82 valence electrons. The molecule has 1 aromatic rings. The Labute approximate surface area is 123 Å². The molecule has 0 fully saturated rings. The average molecular weight is 464 g/mol. The zero-order valence-electron chi connectivity index (χ0n) is 7.86. The highest BCUT2D eigenvalue weighted by molar-refractivity contribution is 9.28. The number of ether oxygens (including phenoxy) is 1. The lowest BCUT2D eigenvalue weighted by atomic mass is 10.2. The van der Waals surface area contributed by atoms with Gasteiger partial charge in [0.2, 0.25) is 0 Å². The molecule has 0 saturated carbocycles. The highest BCUT2D eigenvalue weighted by Crippen LogP contribution is 2.35. The van der Waals surface area contributed by atoms with Crippen LogP contribution in [-0.2, 0) is 0 Å². The molecule has 0 amide bonds. The smallest absolute Gasteiger partial charge is 0.147 e. The van der Waals surface area contributed by atoms with Crippen LogP contribution in [-0.4, -0.2) is 6.61 Å². The molecule has 0 aliphatic heterocycles. The van der Waals surface area contributed by atoms with Gasteiger partial charge in [-0.25, -0.2) is 0 Å². The Morgan fingerprint density at radius 1 is 1.27 bits per heavy atom. The normalized spacial score (nSPS) is 9.93. The summed E-state index contributed by atoms with van der Waals surface area (Å²) in [5.41, 5.74) is 1.07. The quantitative estimate of drug-likeness (QED) is 0.559. The van der Waals surface area contributed by atoms with E-state index in [-0.39, 0.29) is 0 Å². The van der Waals surface area contributed by atoms with E-state index in [1.165, 1.54) is 0 Å². The molecule has 0 N–H and O–H groups in total. The predicted octanol–water partition coefficient (Wildman–Crippen LogP) is 5.70. The molecule has 0 heterocycles. The predicted molar refractivity (Wildman–Crippen MR) is 78.8 cm³/mol. The van der Waals surface area contributed by atoms with Gasteiger partial charge in [0.1, 0.15) is 5.75 Å². The lowest BCUT2D eigenvalue weighted by Crippen LogP contribution is -1.93. The summed E-state index contributed by atoms with van der Waals surface area (Å²) in [5, 5.41) is 0. The van der Waals surface area contributed by atoms with Gasteiger partial charge in [0, 0.05) is 0 Å². The number of halogens is 4. The number of rotatable bonds is 3. The van der Waals surface area contributed by atoms with Crippen molar-refractivity contribution >= 4 is 69.8 Å². The maximum absolute atomic E-state index is 5.49. The summed E-state index contributed by atoms with van der Waals surface area (Å²) < 4.78 is 8.26. The van der Waals surface area contributed by atoms with Crippen molar-refractivity contribution in [3.63, 3.8) is 0 Å². The van der Waals surface area contributed by atoms with Crippen LogP contribution in [0.25, 0.3) is 6.08 Å². The van der Waals surface area contributed by atoms with Gasteiger partial charge in [0.25, 0.3) is 0 Å². The topological polar surface area (TPSA) is 9.23 Å². The highest BCUT2D eigenvalue weighted by atomic mass is 79.9. The van der Waals surface area contributed by atoms with Crippen molar-refractivity contribution in [2.45, 2.75) is 6.92 Å². The largest absolute Gasteiger partial charge is 0.492 e. The van der Waals surface area contributed by atoms with E-state index < -0.39 is 0 Å². The van der Waals surface area contributed by atoms with Gasteiger partial charge in [-0.05, 0) is 94.4 Å². The van der Waals surface area contributed by atoms with Crippen LogP contribution in [0.1, 0.15) is 12.5 Å². The third-order valence-electron chi connectivity index (χ3n) is 1.59. The Morgan fingerprint density at radius 3 is 2.20 bits per heavy atom. The van der Waals surface area contributed by atoms with Crippen LogP contribution >= 0.6 is 63.7 Å². The van der Waals surface area contributed by atoms with Gasteiger partial charge in [-0.2, -0.15) is 0 Å². The summed E-state index contributed by atoms with van der Waals surface area (Å²) in [6.45, 7) is 2.61. The van der Waals surface area contributed by atoms with Crippen LogP contribution in [0, 0.1) is 0 Å². The zero-order chi connectivity index (χ0) is 11.4. The maximum atomic E-state index is 5.49. The van der Waals surface area contributed by atoms with E-state index in [2.05, 4.69) is 63.7 Å². The average Bonchev–Trinajstić information content (AvgIpc) is 2.10. The molecule has 1 rings (SSSR count). The molecule has 0 radical (unpaired) electrons. The molecule has 0 aliphatic rings. The van der Waals surface area contributed by atoms with Gasteiger partial charge in [0.15, 0.2) is 0 Å². The van der Waals surface area contributed by atoms with Gasteiger partial charge in [-0.15, -0.1) is 0 Å². The first-order valence-electron chi connectivity index (χ1n) is 4.19. The van der Waals surface area contributed by atoms with E-state index in [1.54, 1.807) is 0 Å². The van der Waals surface area contributed by atoms with Gasteiger partial charge in [-0.1, -0.05) is 0 Å². The number of benzene rings is 1. The summed E-state index contributed by atoms with van der Waals surface area (Å²) in [6.07, 6.45) is 1.96. The first-order chi connectivity index (χ1) is 7.04. The molecule has 0 unspecified atom stereocenters. The fourth-order valence-corrected chi connectivity index (χ4v) is 3.05. The third kappa shape index (κ3) is 4.21. The van der Waals surface area contributed by atoms with Crippen molar-refractivity contribution in [2.24, 2.45) is 0 Å². The second-order valence-electron chi connectivity index (χ2n) is 2.68. The molecular weight excluding hydrogens is 456 g/mol. The molecule has 0 aliphatic carbocycles. The van der Waals surface area contributed by atoms with Gasteiger partial charge in [-0.3, -0.25) is 0 Å². The second-order valence-corrected chi connectivity index (χ2v) is 7.16. The minimum absolute atomic E-state index is 0.647. The van der Waals surface area contributed by atoms with E-state index in [0.717, 1.165) is 23.7 Å². The minimum atomic E-state index is 0.647. The SMILES string of the molecule is CCOc1c(Br)cc(C=C(Br)Br)cc1Br. The molecule has 0 spiro atoms. The molecule has 0 atom stereocenters. The van der Waals surface area contributed by atoms with E-state index in [9.17, 15) is 0 Å². The molecule has 0 bridgehead atoms. The lowest BCUT2D eigenvalue weighted by Gasteiger charge is -2.09. The molecular formula is C10H8Br4O. The Kier molecular flexibility index (Phi) is 5.89. The lowest BCUT2D eigenvalue weighted by molar-refractivity contribution is 0.336. The van der Waals surface area contributed by atoms with Crippen LogP contribution < -0.4 is 4.74 Å². The summed E-state index contributed by atoms with van der Waals surface area (Å²) in [4.78, 5) is 0. The van der Waals surface area contributed by atoms with Gasteiger partial charge >= 0.3 is 0 Å². The van der Waals surface area contributed by atoms with Crippen molar-refractivity contribution in [2.75, 3.05) is 6.61 Å². The van der Waals surface area contributed by atoms with Crippen LogP contribution in [0.2, 0.25) is 0 Å². The fourth-order valence-electron chi connectivity index (χ4n) is 1.07. The third-order valence-corrected chi connectivity index (χ3v) is 3.22. The maximum Gasteiger partial charge on any atom is 0.147 e. The molecule has 1 nitrogen and oxygen atoms in total. The Morgan fingerprint density at radius 2 is 1.80 bits per heavy atom. The summed E-state index contributed by atoms with van der Waals surface area (Å²) >= 11 is 13.6. The zero-order valence-corrected chi connectivity index (χ0v) is 14.2. The first-order valence-corrected chi connectivity index (χ1v) is 7.36. The van der Waals surface area contributed by atoms with E-state index in [4.69, 9.17) is 4.74 Å². The summed E-state index contributed by atoms with van der Waals surface area (Å²) in [6, 6.07) is 4.00. The van der Waals surface area contributed by atoms with Crippen molar-refractivity contribution in [1.29, 1.82) is 0 Å². The monoisotopic (exact) mass is 460 g/mol. The van der Waals surface area contributed by atoms with Gasteiger partial charge in [0.05, 0.1) is 18.9 Å². The van der Waals surface area contributed by atoms with E-state index >= 15 is 0 Å². The van der Waals surface area contributed by atoms with Crippen LogP contribution in [0.5, 0.6) is 5.75 Å². The summed E-state index contributed by atoms with van der Waals surface area (Å²) in [5.74, 6) is 0.834. The van der Waals surface area contributed by atoms with Crippen molar-refractivity contribution in [1.82, 2.24) is 0 Å². The molecule has 0 aromatic heterocycles. The highest BCUT2D eigenvalue weighted by Gasteiger charge is 2.07. The Bertz CT molecular complexity index is 360. The van der Waals surface area contributed by atoms with Crippen LogP contribution in [0.3, 0.4) is 0 Å². The summed E-state index contributed by atoms with van der Waals surface area (Å²) in [7, 11) is 0. The standard InChI is InChI=1S/C10H8Br4O/c1-2-15-10-7(11)3-6(4-8(10)12)5-9(13)14/h3-5H,2H2,1H3. The Hall–Kier alpha value is 0.680. The number of hydrogen-bond acceptors (Lipinski definition) is 1. The number of hydrogen-bond donors (Lipinski definition) is 0. The molecule has 0 saturated heterocycles. The van der Waals surface area contributed by atoms with Crippen molar-refractivity contribution in [3.8, 4) is 5.75 Å².